The number of thiazole rings is 1. The first-order valence-corrected chi connectivity index (χ1v) is 13.9. The van der Waals surface area contributed by atoms with Gasteiger partial charge in [0, 0.05) is 12.5 Å². The lowest BCUT2D eigenvalue weighted by Gasteiger charge is -2.24. The van der Waals surface area contributed by atoms with Crippen LogP contribution in [-0.2, 0) is 9.59 Å². The van der Waals surface area contributed by atoms with Gasteiger partial charge >= 0.3 is 5.91 Å². The quantitative estimate of drug-likeness (QED) is 0.0943. The Kier molecular flexibility index (Phi) is 8.99. The van der Waals surface area contributed by atoms with E-state index in [1.54, 1.807) is 25.1 Å². The molecule has 210 valence electrons. The summed E-state index contributed by atoms with van der Waals surface area (Å²) in [5.41, 5.74) is 0.875. The number of halogens is 1. The Hall–Kier alpha value is -4.05. The normalized spacial score (nSPS) is 16.4. The summed E-state index contributed by atoms with van der Waals surface area (Å²) in [6, 6.07) is 8.95. The highest BCUT2D eigenvalue weighted by molar-refractivity contribution is 7.18. The van der Waals surface area contributed by atoms with Gasteiger partial charge in [0.25, 0.3) is 5.78 Å². The van der Waals surface area contributed by atoms with Gasteiger partial charge < -0.3 is 14.6 Å². The van der Waals surface area contributed by atoms with Crippen molar-refractivity contribution in [2.75, 3.05) is 18.1 Å². The Morgan fingerprint density at radius 2 is 1.80 bits per heavy atom. The number of aromatic nitrogens is 1. The molecule has 3 aromatic rings. The number of nitrogens with zero attached hydrogens (tertiary/aromatic N) is 2. The third-order valence-corrected chi connectivity index (χ3v) is 7.72. The predicted octanol–water partition coefficient (Wildman–Crippen LogP) is 6.39. The summed E-state index contributed by atoms with van der Waals surface area (Å²) in [5, 5.41) is 11.4. The Labute approximate surface area is 236 Å². The Morgan fingerprint density at radius 3 is 2.42 bits per heavy atom. The van der Waals surface area contributed by atoms with Crippen molar-refractivity contribution in [3.63, 3.8) is 0 Å². The van der Waals surface area contributed by atoms with Crippen molar-refractivity contribution in [3.8, 4) is 11.5 Å². The number of benzene rings is 2. The van der Waals surface area contributed by atoms with Crippen molar-refractivity contribution in [1.29, 1.82) is 0 Å². The summed E-state index contributed by atoms with van der Waals surface area (Å²) >= 11 is 0.996. The molecule has 0 bridgehead atoms. The molecule has 40 heavy (non-hydrogen) atoms. The van der Waals surface area contributed by atoms with Crippen molar-refractivity contribution in [2.24, 2.45) is 0 Å². The number of rotatable bonds is 11. The van der Waals surface area contributed by atoms with Crippen LogP contribution < -0.4 is 14.4 Å². The lowest BCUT2D eigenvalue weighted by Crippen LogP contribution is -2.29. The van der Waals surface area contributed by atoms with E-state index in [9.17, 15) is 23.9 Å². The number of aliphatic hydroxyl groups is 1. The van der Waals surface area contributed by atoms with E-state index >= 15 is 0 Å². The number of ketones is 2. The van der Waals surface area contributed by atoms with Crippen LogP contribution in [0, 0.1) is 12.7 Å². The van der Waals surface area contributed by atoms with Gasteiger partial charge in [-0.05, 0) is 62.2 Å². The summed E-state index contributed by atoms with van der Waals surface area (Å²) in [4.78, 5) is 45.0. The zero-order valence-corrected chi connectivity index (χ0v) is 23.6. The van der Waals surface area contributed by atoms with Gasteiger partial charge in [0.15, 0.2) is 22.4 Å². The van der Waals surface area contributed by atoms with Crippen LogP contribution >= 0.6 is 11.3 Å². The van der Waals surface area contributed by atoms with Crippen molar-refractivity contribution in [1.82, 2.24) is 4.98 Å². The predicted molar refractivity (Wildman–Crippen MR) is 151 cm³/mol. The fraction of sp³-hybridized carbons (Fsp3) is 0.333. The van der Waals surface area contributed by atoms with Crippen LogP contribution in [0.4, 0.5) is 9.52 Å². The molecular formula is C30H31FN2O6S. The molecule has 8 nitrogen and oxygen atoms in total. The lowest BCUT2D eigenvalue weighted by atomic mass is 9.95. The highest BCUT2D eigenvalue weighted by Crippen LogP contribution is 2.45. The average Bonchev–Trinajstić information content (AvgIpc) is 3.44. The molecule has 1 aliphatic rings. The van der Waals surface area contributed by atoms with Crippen molar-refractivity contribution in [3.05, 3.63) is 75.6 Å². The topological polar surface area (TPSA) is 106 Å². The van der Waals surface area contributed by atoms with Gasteiger partial charge in [0.05, 0.1) is 35.4 Å². The Bertz CT molecular complexity index is 1460. The molecule has 2 aromatic carbocycles. The van der Waals surface area contributed by atoms with Crippen LogP contribution in [-0.4, -0.2) is 40.8 Å². The van der Waals surface area contributed by atoms with Crippen LogP contribution in [0.3, 0.4) is 0 Å². The van der Waals surface area contributed by atoms with Crippen LogP contribution in [0.2, 0.25) is 0 Å². The maximum Gasteiger partial charge on any atom is 0.301 e. The number of amides is 1. The number of hydrogen-bond donors (Lipinski definition) is 1. The molecule has 1 atom stereocenters. The molecule has 1 amide bonds. The number of carbonyl (C=O) groups excluding carboxylic acids is 3. The number of hydrogen-bond acceptors (Lipinski definition) is 8. The lowest BCUT2D eigenvalue weighted by molar-refractivity contribution is -0.132. The van der Waals surface area contributed by atoms with Gasteiger partial charge in [-0.1, -0.05) is 37.2 Å². The van der Waals surface area contributed by atoms with Crippen LogP contribution in [0.5, 0.6) is 11.5 Å². The molecule has 0 radical (unpaired) electrons. The Balaban J connectivity index is 1.88. The molecule has 0 aliphatic carbocycles. The number of aliphatic hydroxyl groups excluding tert-OH is 1. The zero-order valence-electron chi connectivity index (χ0n) is 22.8. The summed E-state index contributed by atoms with van der Waals surface area (Å²) in [6.07, 6.45) is 2.95. The standard InChI is InChI=1S/C30H31FN2O6S/c1-5-7-8-15-39-22-14-11-20(16-23(22)38-6-2)25-24(26(35)19-9-12-21(31)13-10-19)27(36)29(37)33(25)30-32-17(3)28(40-30)18(4)34/h9-14,16,25,35H,5-8,15H2,1-4H3. The molecule has 1 aliphatic heterocycles. The van der Waals surface area contributed by atoms with E-state index in [4.69, 9.17) is 9.47 Å². The van der Waals surface area contributed by atoms with E-state index in [0.29, 0.717) is 40.8 Å². The fourth-order valence-electron chi connectivity index (χ4n) is 4.54. The zero-order chi connectivity index (χ0) is 29.0. The van der Waals surface area contributed by atoms with Gasteiger partial charge in [-0.2, -0.15) is 0 Å². The molecule has 1 saturated heterocycles. The second kappa shape index (κ2) is 12.4. The number of Topliss-reactive ketones (excluding diaryl/α,β-unsaturated/α-hetero) is 2. The average molecular weight is 567 g/mol. The van der Waals surface area contributed by atoms with Gasteiger partial charge in [-0.3, -0.25) is 19.3 Å². The third kappa shape index (κ3) is 5.77. The molecule has 0 spiro atoms. The van der Waals surface area contributed by atoms with E-state index in [1.165, 1.54) is 24.0 Å². The molecule has 4 rings (SSSR count). The minimum Gasteiger partial charge on any atom is -0.507 e. The minimum absolute atomic E-state index is 0.144. The molecule has 1 aromatic heterocycles. The highest BCUT2D eigenvalue weighted by Gasteiger charge is 2.48. The second-order valence-corrected chi connectivity index (χ2v) is 10.3. The second-order valence-electron chi connectivity index (χ2n) is 9.34. The summed E-state index contributed by atoms with van der Waals surface area (Å²) in [7, 11) is 0. The summed E-state index contributed by atoms with van der Waals surface area (Å²) < 4.78 is 25.4. The van der Waals surface area contributed by atoms with Gasteiger partial charge in [-0.15, -0.1) is 0 Å². The molecular weight excluding hydrogens is 535 g/mol. The number of unbranched alkanes of at least 4 members (excludes halogenated alkanes) is 2. The summed E-state index contributed by atoms with van der Waals surface area (Å²) in [5.74, 6) is -2.09. The van der Waals surface area contributed by atoms with Crippen molar-refractivity contribution < 1.29 is 33.4 Å². The van der Waals surface area contributed by atoms with Gasteiger partial charge in [0.2, 0.25) is 0 Å². The van der Waals surface area contributed by atoms with E-state index in [-0.39, 0.29) is 22.1 Å². The SMILES string of the molecule is CCCCCOc1ccc(C2C(=C(O)c3ccc(F)cc3)C(=O)C(=O)N2c2nc(C)c(C(C)=O)s2)cc1OCC. The van der Waals surface area contributed by atoms with Crippen molar-refractivity contribution in [2.45, 2.75) is 53.0 Å². The van der Waals surface area contributed by atoms with E-state index in [0.717, 1.165) is 42.7 Å². The van der Waals surface area contributed by atoms with Gasteiger partial charge in [0.1, 0.15) is 11.6 Å². The monoisotopic (exact) mass is 566 g/mol. The Morgan fingerprint density at radius 1 is 1.07 bits per heavy atom. The number of ether oxygens (including phenoxy) is 2. The minimum atomic E-state index is -1.09. The third-order valence-electron chi connectivity index (χ3n) is 6.46. The van der Waals surface area contributed by atoms with Crippen LogP contribution in [0.25, 0.3) is 5.76 Å². The first kappa shape index (κ1) is 28.9. The number of aryl methyl sites for hydroxylation is 1. The van der Waals surface area contributed by atoms with E-state index in [2.05, 4.69) is 11.9 Å². The van der Waals surface area contributed by atoms with Crippen molar-refractivity contribution >= 4 is 39.7 Å². The maximum atomic E-state index is 13.6. The molecule has 2 heterocycles. The molecule has 1 N–H and O–H groups in total. The largest absolute Gasteiger partial charge is 0.507 e. The summed E-state index contributed by atoms with van der Waals surface area (Å²) in [6.45, 7) is 7.83. The fourth-order valence-corrected chi connectivity index (χ4v) is 5.53. The number of carbonyl (C=O) groups is 3. The molecule has 1 fully saturated rings. The van der Waals surface area contributed by atoms with Gasteiger partial charge in [-0.25, -0.2) is 9.37 Å². The van der Waals surface area contributed by atoms with Crippen LogP contribution in [0.15, 0.2) is 48.0 Å². The molecule has 10 heteroatoms. The van der Waals surface area contributed by atoms with Crippen LogP contribution in [0.1, 0.15) is 72.6 Å². The first-order chi connectivity index (χ1) is 19.2. The maximum absolute atomic E-state index is 13.6. The van der Waals surface area contributed by atoms with E-state index in [1.807, 2.05) is 6.92 Å². The molecule has 0 saturated carbocycles. The molecule has 1 unspecified atom stereocenters. The first-order valence-electron chi connectivity index (χ1n) is 13.1. The highest BCUT2D eigenvalue weighted by atomic mass is 32.1. The van der Waals surface area contributed by atoms with E-state index < -0.39 is 29.3 Å². The number of anilines is 1. The smallest absolute Gasteiger partial charge is 0.301 e.